The van der Waals surface area contributed by atoms with E-state index in [0.29, 0.717) is 37.4 Å². The number of thioether (sulfide) groups is 1. The number of hydrogen-bond donors (Lipinski definition) is 0. The first-order chi connectivity index (χ1) is 17.5. The maximum absolute atomic E-state index is 13.4. The first kappa shape index (κ1) is 25.6. The van der Waals surface area contributed by atoms with E-state index in [-0.39, 0.29) is 25.7 Å². The van der Waals surface area contributed by atoms with Crippen LogP contribution in [0.1, 0.15) is 18.2 Å². The van der Waals surface area contributed by atoms with Crippen LogP contribution in [-0.4, -0.2) is 42.3 Å². The first-order valence-corrected chi connectivity index (χ1v) is 12.6. The Morgan fingerprint density at radius 2 is 1.97 bits per heavy atom. The lowest BCUT2D eigenvalue weighted by atomic mass is 10.2. The molecule has 1 fully saturated rings. The minimum Gasteiger partial charge on any atom is -0.493 e. The number of carbonyl (C=O) groups is 2. The molecule has 2 aromatic carbocycles. The highest BCUT2D eigenvalue weighted by Crippen LogP contribution is 2.39. The molecule has 1 amide bonds. The highest BCUT2D eigenvalue weighted by Gasteiger charge is 2.34. The van der Waals surface area contributed by atoms with Crippen molar-refractivity contribution in [3.8, 4) is 11.5 Å². The minimum absolute atomic E-state index is 0.195. The Bertz CT molecular complexity index is 1290. The summed E-state index contributed by atoms with van der Waals surface area (Å²) < 4.78 is 22.0. The fourth-order valence-electron chi connectivity index (χ4n) is 3.32. The van der Waals surface area contributed by atoms with Crippen LogP contribution < -0.4 is 9.47 Å². The maximum Gasteiger partial charge on any atom is 0.344 e. The van der Waals surface area contributed by atoms with Crippen LogP contribution >= 0.6 is 27.7 Å². The fourth-order valence-corrected chi connectivity index (χ4v) is 4.74. The van der Waals surface area contributed by atoms with Gasteiger partial charge >= 0.3 is 5.97 Å². The molecule has 0 spiro atoms. The highest BCUT2D eigenvalue weighted by molar-refractivity contribution is 9.10. The van der Waals surface area contributed by atoms with E-state index in [9.17, 15) is 9.59 Å². The average Bonchev–Trinajstić information content (AvgIpc) is 3.49. The Hall–Kier alpha value is -3.50. The number of amidine groups is 1. The number of amides is 1. The third kappa shape index (κ3) is 6.19. The van der Waals surface area contributed by atoms with E-state index in [2.05, 4.69) is 15.9 Å². The van der Waals surface area contributed by atoms with Crippen molar-refractivity contribution in [1.82, 2.24) is 4.90 Å². The van der Waals surface area contributed by atoms with Gasteiger partial charge in [-0.2, -0.15) is 0 Å². The van der Waals surface area contributed by atoms with Gasteiger partial charge in [0.1, 0.15) is 5.76 Å². The molecule has 0 saturated carbocycles. The topological polar surface area (TPSA) is 90.6 Å². The molecule has 2 heterocycles. The highest BCUT2D eigenvalue weighted by atomic mass is 79.9. The summed E-state index contributed by atoms with van der Waals surface area (Å²) in [5.41, 5.74) is 1.44. The molecule has 0 N–H and O–H groups in total. The Kier molecular flexibility index (Phi) is 8.50. The molecule has 10 heteroatoms. The molecule has 186 valence electrons. The van der Waals surface area contributed by atoms with Crippen molar-refractivity contribution in [2.75, 3.05) is 20.3 Å². The molecule has 0 unspecified atom stereocenters. The fraction of sp³-hybridized carbons (Fsp3) is 0.192. The van der Waals surface area contributed by atoms with Gasteiger partial charge in [0, 0.05) is 4.47 Å². The van der Waals surface area contributed by atoms with E-state index in [1.807, 2.05) is 36.4 Å². The number of carbonyl (C=O) groups excluding carboxylic acids is 2. The van der Waals surface area contributed by atoms with Gasteiger partial charge in [-0.25, -0.2) is 9.79 Å². The van der Waals surface area contributed by atoms with E-state index >= 15 is 0 Å². The number of hydrogen-bond acceptors (Lipinski definition) is 8. The van der Waals surface area contributed by atoms with Gasteiger partial charge in [0.25, 0.3) is 5.91 Å². The van der Waals surface area contributed by atoms with Crippen molar-refractivity contribution in [2.45, 2.75) is 13.5 Å². The van der Waals surface area contributed by atoms with Gasteiger partial charge in [0.15, 0.2) is 23.3 Å². The second-order valence-electron chi connectivity index (χ2n) is 7.43. The lowest BCUT2D eigenvalue weighted by molar-refractivity contribution is -0.145. The minimum atomic E-state index is -0.475. The largest absolute Gasteiger partial charge is 0.493 e. The molecule has 8 nitrogen and oxygen atoms in total. The van der Waals surface area contributed by atoms with Crippen LogP contribution in [0, 0.1) is 0 Å². The summed E-state index contributed by atoms with van der Waals surface area (Å²) in [6, 6.07) is 16.5. The number of ether oxygens (including phenoxy) is 3. The van der Waals surface area contributed by atoms with Gasteiger partial charge in [-0.15, -0.1) is 0 Å². The first-order valence-electron chi connectivity index (χ1n) is 11.0. The predicted octanol–water partition coefficient (Wildman–Crippen LogP) is 5.80. The summed E-state index contributed by atoms with van der Waals surface area (Å²) >= 11 is 4.81. The molecule has 0 radical (unpaired) electrons. The number of aliphatic imine (C=N–C) groups is 1. The molecule has 4 rings (SSSR count). The van der Waals surface area contributed by atoms with Crippen molar-refractivity contribution >= 4 is 56.5 Å². The predicted molar refractivity (Wildman–Crippen MR) is 141 cm³/mol. The number of halogens is 1. The summed E-state index contributed by atoms with van der Waals surface area (Å²) in [5.74, 6) is 0.763. The van der Waals surface area contributed by atoms with Crippen LogP contribution in [0.25, 0.3) is 6.08 Å². The zero-order chi connectivity index (χ0) is 25.5. The summed E-state index contributed by atoms with van der Waals surface area (Å²) in [6.45, 7) is 2.01. The second-order valence-corrected chi connectivity index (χ2v) is 9.29. The number of rotatable bonds is 9. The van der Waals surface area contributed by atoms with E-state index in [4.69, 9.17) is 23.6 Å². The van der Waals surface area contributed by atoms with E-state index < -0.39 is 5.97 Å². The summed E-state index contributed by atoms with van der Waals surface area (Å²) in [6.07, 6.45) is 3.33. The lowest BCUT2D eigenvalue weighted by Gasteiger charge is -2.14. The van der Waals surface area contributed by atoms with Crippen LogP contribution in [0.5, 0.6) is 11.5 Å². The van der Waals surface area contributed by atoms with Gasteiger partial charge in [-0.3, -0.25) is 9.69 Å². The van der Waals surface area contributed by atoms with E-state index in [1.165, 1.54) is 18.9 Å². The van der Waals surface area contributed by atoms with Crippen molar-refractivity contribution in [3.05, 3.63) is 81.6 Å². The number of para-hydroxylation sites is 1. The normalized spacial score (nSPS) is 15.5. The van der Waals surface area contributed by atoms with Crippen LogP contribution in [0.2, 0.25) is 0 Å². The molecule has 1 aliphatic heterocycles. The number of benzene rings is 2. The quantitative estimate of drug-likeness (QED) is 0.237. The molecule has 3 aromatic rings. The zero-order valence-corrected chi connectivity index (χ0v) is 22.0. The van der Waals surface area contributed by atoms with Crippen molar-refractivity contribution in [1.29, 1.82) is 0 Å². The monoisotopic (exact) mass is 570 g/mol. The smallest absolute Gasteiger partial charge is 0.344 e. The van der Waals surface area contributed by atoms with Gasteiger partial charge in [0.05, 0.1) is 37.1 Å². The number of nitrogens with zero attached hydrogens (tertiary/aromatic N) is 2. The van der Waals surface area contributed by atoms with Gasteiger partial charge in [-0.05, 0) is 66.7 Å². The SMILES string of the molecule is CCOC(=O)COc1cc(Br)c(/C=C2\SC(=Nc3ccccc3)N(Cc3ccco3)C2=O)cc1OC. The van der Waals surface area contributed by atoms with Crippen molar-refractivity contribution in [3.63, 3.8) is 0 Å². The Labute approximate surface area is 221 Å². The average molecular weight is 571 g/mol. The number of esters is 1. The van der Waals surface area contributed by atoms with Crippen LogP contribution in [-0.2, 0) is 20.9 Å². The summed E-state index contributed by atoms with van der Waals surface area (Å²) in [5, 5.41) is 0.548. The third-order valence-corrected chi connectivity index (χ3v) is 6.68. The van der Waals surface area contributed by atoms with E-state index in [0.717, 1.165) is 5.69 Å². The zero-order valence-electron chi connectivity index (χ0n) is 19.6. The van der Waals surface area contributed by atoms with Crippen molar-refractivity contribution in [2.24, 2.45) is 4.99 Å². The molecule has 36 heavy (non-hydrogen) atoms. The Morgan fingerprint density at radius 1 is 1.17 bits per heavy atom. The van der Waals surface area contributed by atoms with Gasteiger partial charge < -0.3 is 18.6 Å². The molecule has 0 atom stereocenters. The number of methoxy groups -OCH3 is 1. The number of furan rings is 1. The van der Waals surface area contributed by atoms with Gasteiger partial charge in [0.2, 0.25) is 0 Å². The molecule has 1 aliphatic rings. The second kappa shape index (κ2) is 12.0. The van der Waals surface area contributed by atoms with E-state index in [1.54, 1.807) is 42.4 Å². The van der Waals surface area contributed by atoms with Crippen molar-refractivity contribution < 1.29 is 28.2 Å². The molecular formula is C26H23BrN2O6S. The maximum atomic E-state index is 13.4. The van der Waals surface area contributed by atoms with Crippen LogP contribution in [0.3, 0.4) is 0 Å². The molecule has 1 saturated heterocycles. The molecule has 0 aliphatic carbocycles. The summed E-state index contributed by atoms with van der Waals surface area (Å²) in [4.78, 5) is 31.8. The van der Waals surface area contributed by atoms with Crippen LogP contribution in [0.4, 0.5) is 5.69 Å². The van der Waals surface area contributed by atoms with Crippen LogP contribution in [0.15, 0.2) is 79.6 Å². The summed E-state index contributed by atoms with van der Waals surface area (Å²) in [7, 11) is 1.50. The molecule has 1 aromatic heterocycles. The third-order valence-electron chi connectivity index (χ3n) is 4.98. The molecule has 0 bridgehead atoms. The molecular weight excluding hydrogens is 548 g/mol. The Morgan fingerprint density at radius 3 is 2.67 bits per heavy atom. The van der Waals surface area contributed by atoms with Gasteiger partial charge in [-0.1, -0.05) is 34.1 Å². The standard InChI is InChI=1S/C26H23BrN2O6S/c1-3-33-24(30)16-35-22-14-20(27)17(12-21(22)32-2)13-23-25(31)29(15-19-10-7-11-34-19)26(36-23)28-18-8-5-4-6-9-18/h4-14H,3,15-16H2,1-2H3/b23-13-,28-26?. The lowest BCUT2D eigenvalue weighted by Crippen LogP contribution is -2.28. The Balaban J connectivity index is 1.63.